The molecule has 0 atom stereocenters. The van der Waals surface area contributed by atoms with Crippen molar-refractivity contribution in [1.82, 2.24) is 24.9 Å². The number of hydrogen-bond acceptors (Lipinski definition) is 5. The van der Waals surface area contributed by atoms with Crippen LogP contribution in [0.1, 0.15) is 11.4 Å². The van der Waals surface area contributed by atoms with Crippen LogP contribution >= 0.6 is 0 Å². The third-order valence-electron chi connectivity index (χ3n) is 2.98. The molecule has 0 spiro atoms. The van der Waals surface area contributed by atoms with Gasteiger partial charge >= 0.3 is 0 Å². The van der Waals surface area contributed by atoms with Crippen LogP contribution in [0.5, 0.6) is 0 Å². The van der Waals surface area contributed by atoms with Crippen molar-refractivity contribution in [2.75, 3.05) is 20.1 Å². The van der Waals surface area contributed by atoms with E-state index in [1.165, 1.54) is 0 Å². The molecule has 0 aliphatic heterocycles. The summed E-state index contributed by atoms with van der Waals surface area (Å²) in [4.78, 5) is 6.58. The van der Waals surface area contributed by atoms with Gasteiger partial charge in [0.1, 0.15) is 0 Å². The summed E-state index contributed by atoms with van der Waals surface area (Å²) in [6.45, 7) is 3.18. The van der Waals surface area contributed by atoms with Crippen LogP contribution in [0.2, 0.25) is 0 Å². The highest BCUT2D eigenvalue weighted by atomic mass is 15.4. The Kier molecular flexibility index (Phi) is 5.00. The first-order valence-electron chi connectivity index (χ1n) is 6.45. The van der Waals surface area contributed by atoms with Crippen molar-refractivity contribution in [3.05, 3.63) is 42.0 Å². The Morgan fingerprint density at radius 3 is 2.84 bits per heavy atom. The largest absolute Gasteiger partial charge is 0.325 e. The number of likely N-dealkylation sites (N-methyl/N-ethyl adjacent to an activating group) is 1. The molecule has 2 heterocycles. The topological polar surface area (TPSA) is 72.9 Å². The molecule has 19 heavy (non-hydrogen) atoms. The van der Waals surface area contributed by atoms with E-state index >= 15 is 0 Å². The highest BCUT2D eigenvalue weighted by Gasteiger charge is 2.02. The van der Waals surface area contributed by atoms with Gasteiger partial charge in [-0.1, -0.05) is 11.3 Å². The van der Waals surface area contributed by atoms with Crippen LogP contribution in [-0.4, -0.2) is 45.0 Å². The molecule has 0 unspecified atom stereocenters. The zero-order valence-corrected chi connectivity index (χ0v) is 11.2. The average Bonchev–Trinajstić information content (AvgIpc) is 2.92. The van der Waals surface area contributed by atoms with Crippen molar-refractivity contribution < 1.29 is 0 Å². The van der Waals surface area contributed by atoms with Crippen LogP contribution in [0, 0.1) is 0 Å². The molecule has 0 aliphatic rings. The minimum atomic E-state index is 0.440. The Morgan fingerprint density at radius 1 is 1.26 bits per heavy atom. The summed E-state index contributed by atoms with van der Waals surface area (Å²) >= 11 is 0. The number of nitrogens with two attached hydrogens (primary N) is 1. The maximum absolute atomic E-state index is 5.50. The zero-order chi connectivity index (χ0) is 13.5. The predicted molar refractivity (Wildman–Crippen MR) is 73.4 cm³/mol. The van der Waals surface area contributed by atoms with Crippen LogP contribution in [0.15, 0.2) is 30.6 Å². The lowest BCUT2D eigenvalue weighted by atomic mass is 10.2. The molecule has 0 aliphatic carbocycles. The van der Waals surface area contributed by atoms with Crippen molar-refractivity contribution >= 4 is 0 Å². The molecule has 0 amide bonds. The van der Waals surface area contributed by atoms with Gasteiger partial charge in [-0.25, -0.2) is 0 Å². The number of hydrogen-bond donors (Lipinski definition) is 1. The minimum absolute atomic E-state index is 0.440. The Labute approximate surface area is 113 Å². The van der Waals surface area contributed by atoms with Gasteiger partial charge in [0.05, 0.1) is 12.2 Å². The summed E-state index contributed by atoms with van der Waals surface area (Å²) in [6.07, 6.45) is 4.69. The Morgan fingerprint density at radius 2 is 2.16 bits per heavy atom. The van der Waals surface area contributed by atoms with Crippen molar-refractivity contribution in [2.24, 2.45) is 5.73 Å². The fourth-order valence-corrected chi connectivity index (χ4v) is 1.78. The fourth-order valence-electron chi connectivity index (χ4n) is 1.78. The third kappa shape index (κ3) is 4.42. The van der Waals surface area contributed by atoms with Gasteiger partial charge in [-0.3, -0.25) is 9.67 Å². The van der Waals surface area contributed by atoms with Crippen LogP contribution < -0.4 is 5.73 Å². The highest BCUT2D eigenvalue weighted by molar-refractivity contribution is 5.03. The molecule has 2 rings (SSSR count). The van der Waals surface area contributed by atoms with Gasteiger partial charge in [0, 0.05) is 44.1 Å². The molecular formula is C13H20N6. The summed E-state index contributed by atoms with van der Waals surface area (Å²) in [5, 5.41) is 7.99. The summed E-state index contributed by atoms with van der Waals surface area (Å²) in [7, 11) is 2.10. The maximum atomic E-state index is 5.50. The van der Waals surface area contributed by atoms with Gasteiger partial charge in [-0.15, -0.1) is 5.10 Å². The number of rotatable bonds is 7. The molecule has 0 saturated heterocycles. The van der Waals surface area contributed by atoms with Crippen molar-refractivity contribution in [1.29, 1.82) is 0 Å². The highest BCUT2D eigenvalue weighted by Crippen LogP contribution is 1.97. The molecule has 0 bridgehead atoms. The minimum Gasteiger partial charge on any atom is -0.325 e. The normalized spacial score (nSPS) is 11.1. The first kappa shape index (κ1) is 13.6. The van der Waals surface area contributed by atoms with Gasteiger partial charge in [0.2, 0.25) is 0 Å². The molecule has 6 nitrogen and oxygen atoms in total. The lowest BCUT2D eigenvalue weighted by Gasteiger charge is -2.15. The SMILES string of the molecule is CN(CCc1ccccn1)CCn1cc(CN)nn1. The molecule has 0 radical (unpaired) electrons. The Balaban J connectivity index is 1.71. The maximum Gasteiger partial charge on any atom is 0.0962 e. The first-order chi connectivity index (χ1) is 9.28. The average molecular weight is 260 g/mol. The standard InChI is InChI=1S/C13H20N6/c1-18(7-5-12-4-2-3-6-15-12)8-9-19-11-13(10-14)16-17-19/h2-4,6,11H,5,7-10,14H2,1H3. The Bertz CT molecular complexity index is 481. The lowest BCUT2D eigenvalue weighted by molar-refractivity contribution is 0.313. The quantitative estimate of drug-likeness (QED) is 0.775. The summed E-state index contributed by atoms with van der Waals surface area (Å²) in [6, 6.07) is 6.01. The van der Waals surface area contributed by atoms with Gasteiger partial charge in [-0.05, 0) is 19.2 Å². The second-order valence-electron chi connectivity index (χ2n) is 4.55. The van der Waals surface area contributed by atoms with Crippen LogP contribution in [0.4, 0.5) is 0 Å². The van der Waals surface area contributed by atoms with Crippen molar-refractivity contribution in [3.63, 3.8) is 0 Å². The summed E-state index contributed by atoms with van der Waals surface area (Å²) < 4.78 is 1.83. The summed E-state index contributed by atoms with van der Waals surface area (Å²) in [5.41, 5.74) is 7.45. The molecule has 0 saturated carbocycles. The zero-order valence-electron chi connectivity index (χ0n) is 11.2. The van der Waals surface area contributed by atoms with Crippen molar-refractivity contribution in [3.8, 4) is 0 Å². The predicted octanol–water partition coefficient (Wildman–Crippen LogP) is 0.306. The van der Waals surface area contributed by atoms with E-state index in [1.54, 1.807) is 0 Å². The second-order valence-corrected chi connectivity index (χ2v) is 4.55. The molecule has 2 aromatic rings. The fraction of sp³-hybridized carbons (Fsp3) is 0.462. The second kappa shape index (κ2) is 6.96. The molecule has 2 N–H and O–H groups in total. The van der Waals surface area contributed by atoms with Gasteiger partial charge in [-0.2, -0.15) is 0 Å². The number of pyridine rings is 1. The molecule has 6 heteroatoms. The van der Waals surface area contributed by atoms with Crippen molar-refractivity contribution in [2.45, 2.75) is 19.5 Å². The van der Waals surface area contributed by atoms with E-state index in [0.717, 1.165) is 37.4 Å². The van der Waals surface area contributed by atoms with Gasteiger partial charge in [0.25, 0.3) is 0 Å². The van der Waals surface area contributed by atoms with E-state index in [9.17, 15) is 0 Å². The lowest BCUT2D eigenvalue weighted by Crippen LogP contribution is -2.26. The molecular weight excluding hydrogens is 240 g/mol. The molecule has 0 aromatic carbocycles. The van der Waals surface area contributed by atoms with E-state index < -0.39 is 0 Å². The van der Waals surface area contributed by atoms with Gasteiger partial charge < -0.3 is 10.6 Å². The van der Waals surface area contributed by atoms with Gasteiger partial charge in [0.15, 0.2) is 0 Å². The van der Waals surface area contributed by atoms with E-state index in [2.05, 4.69) is 33.3 Å². The molecule has 2 aromatic heterocycles. The third-order valence-corrected chi connectivity index (χ3v) is 2.98. The van der Waals surface area contributed by atoms with E-state index in [0.29, 0.717) is 6.54 Å². The Hall–Kier alpha value is -1.79. The van der Waals surface area contributed by atoms with E-state index in [1.807, 2.05) is 29.2 Å². The van der Waals surface area contributed by atoms with Crippen LogP contribution in [0.3, 0.4) is 0 Å². The molecule has 0 fully saturated rings. The van der Waals surface area contributed by atoms with E-state index in [-0.39, 0.29) is 0 Å². The first-order valence-corrected chi connectivity index (χ1v) is 6.45. The number of nitrogens with zero attached hydrogens (tertiary/aromatic N) is 5. The van der Waals surface area contributed by atoms with Crippen LogP contribution in [-0.2, 0) is 19.5 Å². The number of aromatic nitrogens is 4. The monoisotopic (exact) mass is 260 g/mol. The molecule has 102 valence electrons. The van der Waals surface area contributed by atoms with Crippen LogP contribution in [0.25, 0.3) is 0 Å². The van der Waals surface area contributed by atoms with E-state index in [4.69, 9.17) is 5.73 Å². The smallest absolute Gasteiger partial charge is 0.0962 e. The summed E-state index contributed by atoms with van der Waals surface area (Å²) in [5.74, 6) is 0.